The lowest BCUT2D eigenvalue weighted by atomic mass is 10.0. The van der Waals surface area contributed by atoms with Crippen LogP contribution in [-0.2, 0) is 6.54 Å². The van der Waals surface area contributed by atoms with Gasteiger partial charge in [-0.3, -0.25) is 0 Å². The van der Waals surface area contributed by atoms with Gasteiger partial charge >= 0.3 is 0 Å². The molecule has 1 aromatic rings. The van der Waals surface area contributed by atoms with Crippen molar-refractivity contribution in [1.82, 2.24) is 5.32 Å². The molecule has 0 unspecified atom stereocenters. The van der Waals surface area contributed by atoms with Crippen molar-refractivity contribution in [1.29, 1.82) is 0 Å². The van der Waals surface area contributed by atoms with Crippen LogP contribution in [0.15, 0.2) is 18.2 Å². The number of para-hydroxylation sites is 1. The number of fused-ring (bicyclic) bond motifs is 1. The van der Waals surface area contributed by atoms with Gasteiger partial charge in [0.05, 0.1) is 0 Å². The molecule has 0 bridgehead atoms. The molecule has 0 radical (unpaired) electrons. The van der Waals surface area contributed by atoms with E-state index in [0.29, 0.717) is 13.3 Å². The summed E-state index contributed by atoms with van der Waals surface area (Å²) in [6.07, 6.45) is 0.722. The summed E-state index contributed by atoms with van der Waals surface area (Å²) in [6, 6.07) is 5.89. The second-order valence-electron chi connectivity index (χ2n) is 4.86. The molecule has 0 saturated carbocycles. The van der Waals surface area contributed by atoms with E-state index in [4.69, 9.17) is 14.6 Å². The van der Waals surface area contributed by atoms with Crippen LogP contribution in [0.1, 0.15) is 25.8 Å². The standard InChI is InChI=1S/C13H19NO3/c1-13(2,6-7-15)14-8-10-4-3-5-11-12(10)17-9-16-11/h3-5,14-15H,6-9H2,1-2H3. The Morgan fingerprint density at radius 2 is 2.18 bits per heavy atom. The molecular weight excluding hydrogens is 218 g/mol. The molecule has 17 heavy (non-hydrogen) atoms. The molecule has 4 heteroatoms. The Morgan fingerprint density at radius 1 is 1.35 bits per heavy atom. The smallest absolute Gasteiger partial charge is 0.231 e. The van der Waals surface area contributed by atoms with Gasteiger partial charge in [0.2, 0.25) is 6.79 Å². The molecule has 0 atom stereocenters. The largest absolute Gasteiger partial charge is 0.454 e. The van der Waals surface area contributed by atoms with Crippen LogP contribution in [0, 0.1) is 0 Å². The fraction of sp³-hybridized carbons (Fsp3) is 0.538. The van der Waals surface area contributed by atoms with Gasteiger partial charge in [0.25, 0.3) is 0 Å². The summed E-state index contributed by atoms with van der Waals surface area (Å²) >= 11 is 0. The molecule has 1 heterocycles. The van der Waals surface area contributed by atoms with Crippen LogP contribution in [0.4, 0.5) is 0 Å². The van der Waals surface area contributed by atoms with Gasteiger partial charge in [-0.15, -0.1) is 0 Å². The first kappa shape index (κ1) is 12.2. The summed E-state index contributed by atoms with van der Waals surface area (Å²) in [4.78, 5) is 0. The first-order valence-electron chi connectivity index (χ1n) is 5.86. The topological polar surface area (TPSA) is 50.7 Å². The van der Waals surface area contributed by atoms with Crippen LogP contribution in [0.25, 0.3) is 0 Å². The number of hydrogen-bond acceptors (Lipinski definition) is 4. The molecule has 0 amide bonds. The van der Waals surface area contributed by atoms with Crippen molar-refractivity contribution in [2.75, 3.05) is 13.4 Å². The molecule has 2 N–H and O–H groups in total. The van der Waals surface area contributed by atoms with E-state index < -0.39 is 0 Å². The lowest BCUT2D eigenvalue weighted by Gasteiger charge is -2.25. The highest BCUT2D eigenvalue weighted by Gasteiger charge is 2.20. The van der Waals surface area contributed by atoms with E-state index >= 15 is 0 Å². The summed E-state index contributed by atoms with van der Waals surface area (Å²) in [5.74, 6) is 1.64. The number of hydrogen-bond donors (Lipinski definition) is 2. The van der Waals surface area contributed by atoms with Crippen LogP contribution >= 0.6 is 0 Å². The number of aliphatic hydroxyl groups is 1. The minimum Gasteiger partial charge on any atom is -0.454 e. The fourth-order valence-electron chi connectivity index (χ4n) is 1.83. The zero-order valence-corrected chi connectivity index (χ0v) is 10.3. The van der Waals surface area contributed by atoms with Crippen LogP contribution in [-0.4, -0.2) is 24.0 Å². The Hall–Kier alpha value is -1.26. The predicted molar refractivity (Wildman–Crippen MR) is 65.2 cm³/mol. The summed E-state index contributed by atoms with van der Waals surface area (Å²) in [5, 5.41) is 12.4. The predicted octanol–water partition coefficient (Wildman–Crippen LogP) is 1.67. The van der Waals surface area contributed by atoms with Gasteiger partial charge < -0.3 is 19.9 Å². The van der Waals surface area contributed by atoms with Crippen LogP contribution in [0.2, 0.25) is 0 Å². The molecule has 94 valence electrons. The minimum absolute atomic E-state index is 0.0864. The highest BCUT2D eigenvalue weighted by Crippen LogP contribution is 2.35. The average Bonchev–Trinajstić information content (AvgIpc) is 2.74. The maximum absolute atomic E-state index is 8.97. The molecule has 0 aromatic heterocycles. The summed E-state index contributed by atoms with van der Waals surface area (Å²) in [7, 11) is 0. The molecule has 0 fully saturated rings. The van der Waals surface area contributed by atoms with E-state index in [-0.39, 0.29) is 12.1 Å². The summed E-state index contributed by atoms with van der Waals surface area (Å²) in [5.41, 5.74) is 1.00. The molecule has 4 nitrogen and oxygen atoms in total. The number of benzene rings is 1. The van der Waals surface area contributed by atoms with Crippen LogP contribution in [0.3, 0.4) is 0 Å². The highest BCUT2D eigenvalue weighted by molar-refractivity contribution is 5.48. The van der Waals surface area contributed by atoms with Crippen LogP contribution in [0.5, 0.6) is 11.5 Å². The normalized spacial score (nSPS) is 14.1. The van der Waals surface area contributed by atoms with Crippen molar-refractivity contribution >= 4 is 0 Å². The molecule has 0 saturated heterocycles. The maximum atomic E-state index is 8.97. The van der Waals surface area contributed by atoms with Crippen LogP contribution < -0.4 is 14.8 Å². The highest BCUT2D eigenvalue weighted by atomic mass is 16.7. The Kier molecular flexibility index (Phi) is 3.54. The second kappa shape index (κ2) is 4.94. The van der Waals surface area contributed by atoms with Crippen molar-refractivity contribution in [3.8, 4) is 11.5 Å². The third kappa shape index (κ3) is 2.90. The lowest BCUT2D eigenvalue weighted by Crippen LogP contribution is -2.39. The Morgan fingerprint density at radius 3 is 2.94 bits per heavy atom. The number of ether oxygens (including phenoxy) is 2. The lowest BCUT2D eigenvalue weighted by molar-refractivity contribution is 0.173. The monoisotopic (exact) mass is 237 g/mol. The zero-order chi connectivity index (χ0) is 12.3. The van der Waals surface area contributed by atoms with E-state index in [1.807, 2.05) is 18.2 Å². The fourth-order valence-corrected chi connectivity index (χ4v) is 1.83. The quantitative estimate of drug-likeness (QED) is 0.818. The van der Waals surface area contributed by atoms with Gasteiger partial charge in [0.1, 0.15) is 0 Å². The molecule has 2 rings (SSSR count). The SMILES string of the molecule is CC(C)(CCO)NCc1cccc2c1OCO2. The first-order valence-corrected chi connectivity index (χ1v) is 5.86. The third-order valence-electron chi connectivity index (χ3n) is 2.97. The van der Waals surface area contributed by atoms with E-state index in [9.17, 15) is 0 Å². The van der Waals surface area contributed by atoms with Gasteiger partial charge in [0.15, 0.2) is 11.5 Å². The Balaban J connectivity index is 2.02. The molecular formula is C13H19NO3. The summed E-state index contributed by atoms with van der Waals surface area (Å²) in [6.45, 7) is 5.34. The van der Waals surface area contributed by atoms with Gasteiger partial charge in [0, 0.05) is 24.3 Å². The minimum atomic E-state index is -0.0864. The number of rotatable bonds is 5. The Labute approximate surface area is 102 Å². The molecule has 1 aliphatic heterocycles. The van der Waals surface area contributed by atoms with E-state index in [1.54, 1.807) is 0 Å². The molecule has 1 aromatic carbocycles. The van der Waals surface area contributed by atoms with Gasteiger partial charge in [-0.25, -0.2) is 0 Å². The van der Waals surface area contributed by atoms with Crippen molar-refractivity contribution < 1.29 is 14.6 Å². The third-order valence-corrected chi connectivity index (χ3v) is 2.97. The van der Waals surface area contributed by atoms with Crippen molar-refractivity contribution in [3.63, 3.8) is 0 Å². The van der Waals surface area contributed by atoms with E-state index in [1.165, 1.54) is 0 Å². The molecule has 1 aliphatic rings. The van der Waals surface area contributed by atoms with Gasteiger partial charge in [-0.2, -0.15) is 0 Å². The average molecular weight is 237 g/mol. The van der Waals surface area contributed by atoms with Crippen molar-refractivity contribution in [3.05, 3.63) is 23.8 Å². The van der Waals surface area contributed by atoms with Gasteiger partial charge in [-0.05, 0) is 26.3 Å². The van der Waals surface area contributed by atoms with Gasteiger partial charge in [-0.1, -0.05) is 12.1 Å². The maximum Gasteiger partial charge on any atom is 0.231 e. The van der Waals surface area contributed by atoms with Crippen molar-refractivity contribution in [2.45, 2.75) is 32.4 Å². The number of nitrogens with one attached hydrogen (secondary N) is 1. The zero-order valence-electron chi connectivity index (χ0n) is 10.3. The first-order chi connectivity index (χ1) is 8.12. The Bertz CT molecular complexity index is 390. The summed E-state index contributed by atoms with van der Waals surface area (Å²) < 4.78 is 10.8. The molecule has 0 spiro atoms. The van der Waals surface area contributed by atoms with E-state index in [2.05, 4.69) is 19.2 Å². The second-order valence-corrected chi connectivity index (χ2v) is 4.86. The number of aliphatic hydroxyl groups excluding tert-OH is 1. The van der Waals surface area contributed by atoms with Crippen molar-refractivity contribution in [2.24, 2.45) is 0 Å². The molecule has 0 aliphatic carbocycles. The van der Waals surface area contributed by atoms with E-state index in [0.717, 1.165) is 23.5 Å².